The minimum atomic E-state index is -0.786. The minimum Gasteiger partial charge on any atom is -0.462 e. The molecule has 432 valence electrons. The molecule has 1 unspecified atom stereocenters. The molecule has 0 bridgehead atoms. The molecule has 0 aromatic carbocycles. The van der Waals surface area contributed by atoms with Crippen LogP contribution in [0.2, 0.25) is 0 Å². The van der Waals surface area contributed by atoms with E-state index in [9.17, 15) is 14.7 Å². The molecule has 0 saturated carbocycles. The molecule has 0 spiro atoms. The van der Waals surface area contributed by atoms with E-state index in [1.165, 1.54) is 193 Å². The summed E-state index contributed by atoms with van der Waals surface area (Å²) in [4.78, 5) is 24.6. The van der Waals surface area contributed by atoms with Crippen LogP contribution in [0.5, 0.6) is 0 Å². The van der Waals surface area contributed by atoms with Crippen LogP contribution in [0.3, 0.4) is 0 Å². The Bertz CT molecular complexity index is 1410. The number of carbonyl (C=O) groups is 2. The zero-order valence-electron chi connectivity index (χ0n) is 49.5. The van der Waals surface area contributed by atoms with Crippen molar-refractivity contribution in [1.82, 2.24) is 0 Å². The normalized spacial score (nSPS) is 12.8. The fourth-order valence-electron chi connectivity index (χ4n) is 9.34. The molecule has 5 nitrogen and oxygen atoms in total. The highest BCUT2D eigenvalue weighted by atomic mass is 16.6. The van der Waals surface area contributed by atoms with Crippen LogP contribution in [0.4, 0.5) is 0 Å². The van der Waals surface area contributed by atoms with Gasteiger partial charge in [-0.05, 0) is 77.0 Å². The molecule has 0 saturated heterocycles. The van der Waals surface area contributed by atoms with Crippen molar-refractivity contribution in [2.75, 3.05) is 13.2 Å². The number of aliphatic hydroxyl groups is 1. The fourth-order valence-corrected chi connectivity index (χ4v) is 9.34. The van der Waals surface area contributed by atoms with E-state index in [0.29, 0.717) is 12.8 Å². The highest BCUT2D eigenvalue weighted by Crippen LogP contribution is 2.18. The Balaban J connectivity index is 3.51. The molecule has 0 aromatic heterocycles. The van der Waals surface area contributed by atoms with Gasteiger partial charge < -0.3 is 14.6 Å². The molecular weight excluding hydrogens is 921 g/mol. The number of hydrogen-bond acceptors (Lipinski definition) is 5. The summed E-state index contributed by atoms with van der Waals surface area (Å²) >= 11 is 0. The molecule has 0 fully saturated rings. The van der Waals surface area contributed by atoms with Crippen LogP contribution in [0.1, 0.15) is 316 Å². The molecule has 1 atom stereocenters. The van der Waals surface area contributed by atoms with E-state index in [4.69, 9.17) is 9.47 Å². The quantitative estimate of drug-likeness (QED) is 0.0373. The number of ether oxygens (including phenoxy) is 2. The van der Waals surface area contributed by atoms with Gasteiger partial charge in [0, 0.05) is 12.8 Å². The summed E-state index contributed by atoms with van der Waals surface area (Å²) in [5, 5.41) is 9.68. The summed E-state index contributed by atoms with van der Waals surface area (Å²) in [7, 11) is 0. The van der Waals surface area contributed by atoms with Crippen molar-refractivity contribution in [3.8, 4) is 0 Å². The lowest BCUT2D eigenvalue weighted by molar-refractivity contribution is -0.161. The average molecular weight is 1040 g/mol. The largest absolute Gasteiger partial charge is 0.462 e. The molecule has 0 radical (unpaired) electrons. The molecule has 0 aliphatic heterocycles. The predicted octanol–water partition coefficient (Wildman–Crippen LogP) is 22.3. The Kier molecular flexibility index (Phi) is 62.3. The zero-order chi connectivity index (χ0) is 54.1. The Morgan fingerprint density at radius 3 is 0.867 bits per heavy atom. The average Bonchev–Trinajstić information content (AvgIpc) is 3.41. The molecule has 75 heavy (non-hydrogen) atoms. The van der Waals surface area contributed by atoms with Gasteiger partial charge in [0.2, 0.25) is 0 Å². The van der Waals surface area contributed by atoms with Crippen LogP contribution >= 0.6 is 0 Å². The van der Waals surface area contributed by atoms with E-state index in [-0.39, 0.29) is 25.2 Å². The summed E-state index contributed by atoms with van der Waals surface area (Å²) in [5.74, 6) is -0.600. The smallest absolute Gasteiger partial charge is 0.306 e. The number of unbranched alkanes of at least 4 members (excludes halogenated alkanes) is 35. The third-order valence-corrected chi connectivity index (χ3v) is 14.1. The molecular formula is C70H122O5. The van der Waals surface area contributed by atoms with Crippen LogP contribution in [0, 0.1) is 0 Å². The molecule has 0 amide bonds. The first-order valence-corrected chi connectivity index (χ1v) is 32.3. The van der Waals surface area contributed by atoms with E-state index in [1.807, 2.05) is 0 Å². The maximum atomic E-state index is 12.3. The highest BCUT2D eigenvalue weighted by Gasteiger charge is 2.16. The van der Waals surface area contributed by atoms with Crippen molar-refractivity contribution in [2.45, 2.75) is 322 Å². The number of carbonyl (C=O) groups excluding carboxylic acids is 2. The van der Waals surface area contributed by atoms with Crippen molar-refractivity contribution in [3.63, 3.8) is 0 Å². The zero-order valence-corrected chi connectivity index (χ0v) is 49.5. The van der Waals surface area contributed by atoms with Crippen LogP contribution in [-0.2, 0) is 19.1 Å². The first-order chi connectivity index (χ1) is 37.1. The molecule has 0 heterocycles. The van der Waals surface area contributed by atoms with Crippen LogP contribution < -0.4 is 0 Å². The first-order valence-electron chi connectivity index (χ1n) is 32.3. The van der Waals surface area contributed by atoms with Gasteiger partial charge in [-0.15, -0.1) is 0 Å². The Hall–Kier alpha value is -3.18. The van der Waals surface area contributed by atoms with Crippen LogP contribution in [-0.4, -0.2) is 36.4 Å². The second-order valence-corrected chi connectivity index (χ2v) is 21.5. The summed E-state index contributed by atoms with van der Waals surface area (Å²) in [5.41, 5.74) is 0. The predicted molar refractivity (Wildman–Crippen MR) is 329 cm³/mol. The van der Waals surface area contributed by atoms with Gasteiger partial charge in [-0.3, -0.25) is 9.59 Å². The Morgan fingerprint density at radius 2 is 0.573 bits per heavy atom. The van der Waals surface area contributed by atoms with E-state index < -0.39 is 6.10 Å². The van der Waals surface area contributed by atoms with Crippen molar-refractivity contribution >= 4 is 11.9 Å². The lowest BCUT2D eigenvalue weighted by Crippen LogP contribution is -2.28. The lowest BCUT2D eigenvalue weighted by Gasteiger charge is -2.15. The van der Waals surface area contributed by atoms with Gasteiger partial charge in [-0.1, -0.05) is 323 Å². The van der Waals surface area contributed by atoms with Gasteiger partial charge in [0.25, 0.3) is 0 Å². The van der Waals surface area contributed by atoms with Gasteiger partial charge in [-0.25, -0.2) is 0 Å². The van der Waals surface area contributed by atoms with E-state index >= 15 is 0 Å². The van der Waals surface area contributed by atoms with Gasteiger partial charge in [0.05, 0.1) is 6.61 Å². The van der Waals surface area contributed by atoms with Crippen molar-refractivity contribution in [1.29, 1.82) is 0 Å². The van der Waals surface area contributed by atoms with E-state index in [2.05, 4.69) is 111 Å². The maximum absolute atomic E-state index is 12.3. The van der Waals surface area contributed by atoms with Crippen molar-refractivity contribution in [3.05, 3.63) is 97.2 Å². The summed E-state index contributed by atoms with van der Waals surface area (Å²) in [6.07, 6.45) is 92.7. The molecule has 1 N–H and O–H groups in total. The Morgan fingerprint density at radius 1 is 0.320 bits per heavy atom. The lowest BCUT2D eigenvalue weighted by atomic mass is 10.0. The number of rotatable bonds is 59. The standard InChI is InChI=1S/C70H122O5/c1-3-5-7-9-11-13-15-17-19-21-23-25-27-29-31-33-35-37-39-41-43-45-47-49-51-53-55-57-59-61-63-65-70(73)75-68(66-71)67-74-69(72)64-62-60-58-56-54-52-50-48-46-44-42-40-38-36-34-32-30-28-26-24-22-20-18-16-14-12-10-8-6-4-2/h5,7,11,13,17,19,23,25,29,31,35,37,41,43,47,49,68,71H,3-4,6,8-10,12,14-16,18,20-22,24,26-28,30,32-34,36,38-40,42,44-46,48,50-67H2,1-2H3/b7-5-,13-11-,19-17-,25-23-,31-29-,37-35-,43-41-,49-47-. The number of aliphatic hydroxyl groups excluding tert-OH is 1. The topological polar surface area (TPSA) is 72.8 Å². The van der Waals surface area contributed by atoms with Gasteiger partial charge in [0.15, 0.2) is 6.10 Å². The monoisotopic (exact) mass is 1040 g/mol. The van der Waals surface area contributed by atoms with Crippen LogP contribution in [0.15, 0.2) is 97.2 Å². The third-order valence-electron chi connectivity index (χ3n) is 14.1. The second-order valence-electron chi connectivity index (χ2n) is 21.5. The first kappa shape index (κ1) is 71.8. The van der Waals surface area contributed by atoms with E-state index in [0.717, 1.165) is 96.3 Å². The summed E-state index contributed by atoms with van der Waals surface area (Å²) in [6.45, 7) is 4.05. The number of hydrogen-bond donors (Lipinski definition) is 1. The SMILES string of the molecule is CC/C=C\C/C=C\C/C=C\C/C=C\C/C=C\C/C=C\C/C=C\C/C=C\CCCCCCCCC(=O)OC(CO)COC(=O)CCCCCCCCCCCCCCCCCCCCCCCCCCCCCCCC. The third kappa shape index (κ3) is 63.3. The minimum absolute atomic E-state index is 0.0737. The summed E-state index contributed by atoms with van der Waals surface area (Å²) in [6, 6.07) is 0. The second kappa shape index (κ2) is 65.1. The van der Waals surface area contributed by atoms with Gasteiger partial charge in [0.1, 0.15) is 6.61 Å². The van der Waals surface area contributed by atoms with Gasteiger partial charge in [-0.2, -0.15) is 0 Å². The molecule has 0 aliphatic carbocycles. The summed E-state index contributed by atoms with van der Waals surface area (Å²) < 4.78 is 10.7. The van der Waals surface area contributed by atoms with Crippen LogP contribution in [0.25, 0.3) is 0 Å². The molecule has 0 rings (SSSR count). The fraction of sp³-hybridized carbons (Fsp3) is 0.743. The Labute approximate surface area is 466 Å². The molecule has 0 aromatic rings. The van der Waals surface area contributed by atoms with Crippen molar-refractivity contribution < 1.29 is 24.2 Å². The number of allylic oxidation sites excluding steroid dienone is 16. The van der Waals surface area contributed by atoms with E-state index in [1.54, 1.807) is 0 Å². The van der Waals surface area contributed by atoms with Gasteiger partial charge >= 0.3 is 11.9 Å². The number of esters is 2. The highest BCUT2D eigenvalue weighted by molar-refractivity contribution is 5.70. The van der Waals surface area contributed by atoms with Crippen molar-refractivity contribution in [2.24, 2.45) is 0 Å². The maximum Gasteiger partial charge on any atom is 0.306 e. The molecule has 5 heteroatoms. The molecule has 0 aliphatic rings.